The highest BCUT2D eigenvalue weighted by molar-refractivity contribution is 5.78. The Bertz CT molecular complexity index is 474. The Labute approximate surface area is 126 Å². The predicted molar refractivity (Wildman–Crippen MR) is 83.1 cm³/mol. The van der Waals surface area contributed by atoms with Crippen LogP contribution in [0.25, 0.3) is 0 Å². The lowest BCUT2D eigenvalue weighted by atomic mass is 10.1. The zero-order valence-electron chi connectivity index (χ0n) is 12.7. The molecule has 2 aliphatic rings. The number of likely N-dealkylation sites (N-methyl/N-ethyl adjacent to an activating group) is 1. The SMILES string of the molecule is CN(C(=O)CN1CCC(CNc2ccccn2)C1)C1CC1. The molecule has 0 radical (unpaired) electrons. The molecule has 1 amide bonds. The van der Waals surface area contributed by atoms with Crippen LogP contribution in [0.1, 0.15) is 19.3 Å². The molecule has 0 bridgehead atoms. The number of hydrogen-bond donors (Lipinski definition) is 1. The summed E-state index contributed by atoms with van der Waals surface area (Å²) in [5.74, 6) is 1.81. The van der Waals surface area contributed by atoms with Crippen LogP contribution in [-0.2, 0) is 4.79 Å². The Kier molecular flexibility index (Phi) is 4.39. The van der Waals surface area contributed by atoms with Gasteiger partial charge in [-0.25, -0.2) is 4.98 Å². The van der Waals surface area contributed by atoms with Crippen LogP contribution in [0.3, 0.4) is 0 Å². The smallest absolute Gasteiger partial charge is 0.236 e. The second kappa shape index (κ2) is 6.43. The molecule has 1 aliphatic carbocycles. The fraction of sp³-hybridized carbons (Fsp3) is 0.625. The molecule has 1 N–H and O–H groups in total. The van der Waals surface area contributed by atoms with Gasteiger partial charge in [0.05, 0.1) is 6.54 Å². The third kappa shape index (κ3) is 3.94. The molecule has 114 valence electrons. The van der Waals surface area contributed by atoms with E-state index in [0.29, 0.717) is 18.5 Å². The Hall–Kier alpha value is -1.62. The molecule has 5 heteroatoms. The van der Waals surface area contributed by atoms with E-state index in [1.807, 2.05) is 30.1 Å². The van der Waals surface area contributed by atoms with Crippen LogP contribution in [0, 0.1) is 5.92 Å². The summed E-state index contributed by atoms with van der Waals surface area (Å²) in [6.07, 6.45) is 5.31. The first-order chi connectivity index (χ1) is 10.2. The summed E-state index contributed by atoms with van der Waals surface area (Å²) in [6.45, 7) is 3.54. The van der Waals surface area contributed by atoms with Gasteiger partial charge in [-0.2, -0.15) is 0 Å². The molecular formula is C16H24N4O. The molecule has 1 aromatic heterocycles. The van der Waals surface area contributed by atoms with Crippen molar-refractivity contribution in [1.82, 2.24) is 14.8 Å². The number of nitrogens with zero attached hydrogens (tertiary/aromatic N) is 3. The van der Waals surface area contributed by atoms with E-state index in [1.165, 1.54) is 12.8 Å². The van der Waals surface area contributed by atoms with Crippen molar-refractivity contribution in [3.05, 3.63) is 24.4 Å². The van der Waals surface area contributed by atoms with Gasteiger partial charge >= 0.3 is 0 Å². The van der Waals surface area contributed by atoms with E-state index in [4.69, 9.17) is 0 Å². The highest BCUT2D eigenvalue weighted by atomic mass is 16.2. The van der Waals surface area contributed by atoms with Crippen LogP contribution in [0.4, 0.5) is 5.82 Å². The van der Waals surface area contributed by atoms with E-state index in [0.717, 1.165) is 31.9 Å². The largest absolute Gasteiger partial charge is 0.370 e. The van der Waals surface area contributed by atoms with Gasteiger partial charge in [-0.05, 0) is 43.9 Å². The van der Waals surface area contributed by atoms with E-state index in [9.17, 15) is 4.79 Å². The Morgan fingerprint density at radius 3 is 3.00 bits per heavy atom. The van der Waals surface area contributed by atoms with Crippen LogP contribution in [0.5, 0.6) is 0 Å². The number of hydrogen-bond acceptors (Lipinski definition) is 4. The standard InChI is InChI=1S/C16H24N4O/c1-19(14-5-6-14)16(21)12-20-9-7-13(11-20)10-18-15-4-2-3-8-17-15/h2-4,8,13-14H,5-7,9-12H2,1H3,(H,17,18). The lowest BCUT2D eigenvalue weighted by Crippen LogP contribution is -2.38. The lowest BCUT2D eigenvalue weighted by molar-refractivity contribution is -0.131. The van der Waals surface area contributed by atoms with Gasteiger partial charge in [-0.15, -0.1) is 0 Å². The van der Waals surface area contributed by atoms with E-state index < -0.39 is 0 Å². The molecule has 1 aliphatic heterocycles. The van der Waals surface area contributed by atoms with Gasteiger partial charge in [0.2, 0.25) is 5.91 Å². The first kappa shape index (κ1) is 14.3. The van der Waals surface area contributed by atoms with Crippen molar-refractivity contribution in [2.45, 2.75) is 25.3 Å². The van der Waals surface area contributed by atoms with Gasteiger partial charge < -0.3 is 10.2 Å². The molecule has 2 fully saturated rings. The Balaban J connectivity index is 1.39. The minimum absolute atomic E-state index is 0.274. The summed E-state index contributed by atoms with van der Waals surface area (Å²) in [6, 6.07) is 6.41. The van der Waals surface area contributed by atoms with Crippen LogP contribution >= 0.6 is 0 Å². The first-order valence-electron chi connectivity index (χ1n) is 7.85. The van der Waals surface area contributed by atoms with Crippen molar-refractivity contribution in [2.75, 3.05) is 38.5 Å². The van der Waals surface area contributed by atoms with E-state index in [2.05, 4.69) is 15.2 Å². The molecule has 1 unspecified atom stereocenters. The van der Waals surface area contributed by atoms with Crippen LogP contribution in [0.15, 0.2) is 24.4 Å². The molecule has 21 heavy (non-hydrogen) atoms. The third-order valence-electron chi connectivity index (χ3n) is 4.45. The van der Waals surface area contributed by atoms with Crippen molar-refractivity contribution >= 4 is 11.7 Å². The summed E-state index contributed by atoms with van der Waals surface area (Å²) < 4.78 is 0. The number of carbonyl (C=O) groups excluding carboxylic acids is 1. The fourth-order valence-electron chi connectivity index (χ4n) is 2.91. The van der Waals surface area contributed by atoms with Gasteiger partial charge in [-0.3, -0.25) is 9.69 Å². The average Bonchev–Trinajstić information content (AvgIpc) is 3.26. The van der Waals surface area contributed by atoms with Crippen molar-refractivity contribution < 1.29 is 4.79 Å². The zero-order chi connectivity index (χ0) is 14.7. The first-order valence-corrected chi connectivity index (χ1v) is 7.85. The van der Waals surface area contributed by atoms with Crippen LogP contribution in [-0.4, -0.2) is 60.0 Å². The number of likely N-dealkylation sites (tertiary alicyclic amines) is 1. The molecule has 5 nitrogen and oxygen atoms in total. The summed E-state index contributed by atoms with van der Waals surface area (Å²) in [4.78, 5) is 20.6. The van der Waals surface area contributed by atoms with Crippen molar-refractivity contribution in [3.8, 4) is 0 Å². The number of aromatic nitrogens is 1. The van der Waals surface area contributed by atoms with Gasteiger partial charge in [0, 0.05) is 32.4 Å². The summed E-state index contributed by atoms with van der Waals surface area (Å²) in [5.41, 5.74) is 0. The second-order valence-corrected chi connectivity index (χ2v) is 6.22. The quantitative estimate of drug-likeness (QED) is 0.860. The molecule has 0 spiro atoms. The third-order valence-corrected chi connectivity index (χ3v) is 4.45. The summed E-state index contributed by atoms with van der Waals surface area (Å²) >= 11 is 0. The average molecular weight is 288 g/mol. The maximum Gasteiger partial charge on any atom is 0.236 e. The molecule has 1 saturated heterocycles. The highest BCUT2D eigenvalue weighted by Crippen LogP contribution is 2.26. The summed E-state index contributed by atoms with van der Waals surface area (Å²) in [5, 5.41) is 3.38. The molecule has 1 aromatic rings. The minimum atomic E-state index is 0.274. The number of rotatable bonds is 6. The molecule has 1 atom stereocenters. The van der Waals surface area contributed by atoms with E-state index in [1.54, 1.807) is 6.20 Å². The normalized spacial score (nSPS) is 22.2. The number of carbonyl (C=O) groups is 1. The van der Waals surface area contributed by atoms with Crippen LogP contribution in [0.2, 0.25) is 0 Å². The van der Waals surface area contributed by atoms with Crippen LogP contribution < -0.4 is 5.32 Å². The lowest BCUT2D eigenvalue weighted by Gasteiger charge is -2.21. The van der Waals surface area contributed by atoms with Gasteiger partial charge in [-0.1, -0.05) is 6.07 Å². The van der Waals surface area contributed by atoms with E-state index in [-0.39, 0.29) is 5.91 Å². The van der Waals surface area contributed by atoms with Gasteiger partial charge in [0.1, 0.15) is 5.82 Å². The second-order valence-electron chi connectivity index (χ2n) is 6.22. The zero-order valence-corrected chi connectivity index (χ0v) is 12.7. The molecular weight excluding hydrogens is 264 g/mol. The number of amides is 1. The minimum Gasteiger partial charge on any atom is -0.370 e. The fourth-order valence-corrected chi connectivity index (χ4v) is 2.91. The maximum absolute atomic E-state index is 12.1. The highest BCUT2D eigenvalue weighted by Gasteiger charge is 2.31. The Morgan fingerprint density at radius 2 is 2.29 bits per heavy atom. The van der Waals surface area contributed by atoms with Crippen molar-refractivity contribution in [2.24, 2.45) is 5.92 Å². The summed E-state index contributed by atoms with van der Waals surface area (Å²) in [7, 11) is 1.94. The van der Waals surface area contributed by atoms with Crippen molar-refractivity contribution in [1.29, 1.82) is 0 Å². The molecule has 2 heterocycles. The van der Waals surface area contributed by atoms with Crippen molar-refractivity contribution in [3.63, 3.8) is 0 Å². The molecule has 3 rings (SSSR count). The molecule has 0 aromatic carbocycles. The maximum atomic E-state index is 12.1. The Morgan fingerprint density at radius 1 is 1.43 bits per heavy atom. The number of anilines is 1. The van der Waals surface area contributed by atoms with Gasteiger partial charge in [0.15, 0.2) is 0 Å². The molecule has 1 saturated carbocycles. The number of pyridine rings is 1. The topological polar surface area (TPSA) is 48.5 Å². The monoisotopic (exact) mass is 288 g/mol. The van der Waals surface area contributed by atoms with Gasteiger partial charge in [0.25, 0.3) is 0 Å². The number of nitrogens with one attached hydrogen (secondary N) is 1. The van der Waals surface area contributed by atoms with E-state index >= 15 is 0 Å². The predicted octanol–water partition coefficient (Wildman–Crippen LogP) is 1.44.